The van der Waals surface area contributed by atoms with Crippen molar-refractivity contribution >= 4 is 0 Å². The van der Waals surface area contributed by atoms with Crippen molar-refractivity contribution in [2.45, 2.75) is 99.7 Å². The first-order valence-electron chi connectivity index (χ1n) is 10.7. The lowest BCUT2D eigenvalue weighted by molar-refractivity contribution is -0.0568. The van der Waals surface area contributed by atoms with E-state index in [9.17, 15) is 10.2 Å². The Hall–Kier alpha value is -0.0800. The van der Waals surface area contributed by atoms with E-state index in [0.29, 0.717) is 23.7 Å². The van der Waals surface area contributed by atoms with Crippen LogP contribution in [-0.2, 0) is 0 Å². The lowest BCUT2D eigenvalue weighted by atomic mass is 9.59. The van der Waals surface area contributed by atoms with Gasteiger partial charge in [-0.15, -0.1) is 0 Å². The highest BCUT2D eigenvalue weighted by Gasteiger charge is 2.44. The number of rotatable bonds is 2. The summed E-state index contributed by atoms with van der Waals surface area (Å²) in [5.41, 5.74) is 0.361. The van der Waals surface area contributed by atoms with Crippen LogP contribution in [0.4, 0.5) is 0 Å². The predicted molar refractivity (Wildman–Crippen MR) is 106 cm³/mol. The summed E-state index contributed by atoms with van der Waals surface area (Å²) in [6.45, 7) is 18.4. The van der Waals surface area contributed by atoms with E-state index >= 15 is 0 Å². The zero-order chi connectivity index (χ0) is 19.2. The second-order valence-corrected chi connectivity index (χ2v) is 11.7. The van der Waals surface area contributed by atoms with Gasteiger partial charge >= 0.3 is 0 Å². The predicted octanol–water partition coefficient (Wildman–Crippen LogP) is 5.52. The smallest absolute Gasteiger partial charge is 0.0576 e. The molecule has 8 unspecified atom stereocenters. The molecule has 2 fully saturated rings. The van der Waals surface area contributed by atoms with Gasteiger partial charge in [-0.2, -0.15) is 0 Å². The molecule has 2 aliphatic carbocycles. The van der Waals surface area contributed by atoms with Crippen LogP contribution in [-0.4, -0.2) is 22.4 Å². The number of aliphatic hydroxyl groups excluding tert-OH is 2. The van der Waals surface area contributed by atoms with E-state index < -0.39 is 0 Å². The lowest BCUT2D eigenvalue weighted by Crippen LogP contribution is -2.44. The van der Waals surface area contributed by atoms with Crippen LogP contribution < -0.4 is 0 Å². The molecule has 2 saturated carbocycles. The van der Waals surface area contributed by atoms with Crippen LogP contribution in [0.5, 0.6) is 0 Å². The molecule has 0 saturated heterocycles. The van der Waals surface area contributed by atoms with Gasteiger partial charge in [0.25, 0.3) is 0 Å². The quantitative estimate of drug-likeness (QED) is 0.687. The SMILES string of the molecule is CC1CC(O)C(C(C)(C)C)CC1CC1CC(C(C)(C)C)C(O)CC1C. The first kappa shape index (κ1) is 21.2. The zero-order valence-corrected chi connectivity index (χ0v) is 18.0. The molecule has 0 heterocycles. The minimum Gasteiger partial charge on any atom is -0.393 e. The van der Waals surface area contributed by atoms with Crippen molar-refractivity contribution in [3.8, 4) is 0 Å². The normalized spacial score (nSPS) is 43.9. The molecule has 2 aliphatic rings. The van der Waals surface area contributed by atoms with Crippen LogP contribution in [0.25, 0.3) is 0 Å². The molecule has 0 radical (unpaired) electrons. The van der Waals surface area contributed by atoms with E-state index in [-0.39, 0.29) is 23.0 Å². The Labute approximate surface area is 156 Å². The van der Waals surface area contributed by atoms with Gasteiger partial charge in [-0.25, -0.2) is 0 Å². The van der Waals surface area contributed by atoms with Crippen molar-refractivity contribution in [3.05, 3.63) is 0 Å². The standard InChI is InChI=1S/C23H44O2/c1-14-9-20(24)18(22(3,4)5)12-16(14)11-17-13-19(23(6,7)8)21(25)10-15(17)2/h14-21,24-25H,9-13H2,1-8H3. The maximum absolute atomic E-state index is 10.6. The molecule has 0 aliphatic heterocycles. The van der Waals surface area contributed by atoms with Crippen LogP contribution in [0.2, 0.25) is 0 Å². The van der Waals surface area contributed by atoms with Gasteiger partial charge in [0.05, 0.1) is 12.2 Å². The van der Waals surface area contributed by atoms with E-state index in [0.717, 1.165) is 37.5 Å². The number of aliphatic hydroxyl groups is 2. The molecule has 148 valence electrons. The Bertz CT molecular complexity index is 390. The van der Waals surface area contributed by atoms with Crippen molar-refractivity contribution in [3.63, 3.8) is 0 Å². The van der Waals surface area contributed by atoms with Crippen LogP contribution in [0.15, 0.2) is 0 Å². The second-order valence-electron chi connectivity index (χ2n) is 11.7. The van der Waals surface area contributed by atoms with E-state index in [2.05, 4.69) is 55.4 Å². The Morgan fingerprint density at radius 1 is 0.640 bits per heavy atom. The summed E-state index contributed by atoms with van der Waals surface area (Å²) in [6.07, 6.45) is 5.24. The average Bonchev–Trinajstić information content (AvgIpc) is 2.41. The van der Waals surface area contributed by atoms with Gasteiger partial charge in [0, 0.05) is 0 Å². The van der Waals surface area contributed by atoms with Crippen LogP contribution in [0.1, 0.15) is 87.5 Å². The largest absolute Gasteiger partial charge is 0.393 e. The molecule has 0 amide bonds. The molecule has 8 atom stereocenters. The molecule has 0 aromatic heterocycles. The second kappa shape index (κ2) is 7.50. The third-order valence-corrected chi connectivity index (χ3v) is 7.71. The summed E-state index contributed by atoms with van der Waals surface area (Å²) in [7, 11) is 0. The van der Waals surface area contributed by atoms with Crippen LogP contribution in [0, 0.1) is 46.3 Å². The maximum Gasteiger partial charge on any atom is 0.0576 e. The van der Waals surface area contributed by atoms with E-state index in [1.54, 1.807) is 0 Å². The summed E-state index contributed by atoms with van der Waals surface area (Å²) in [6, 6.07) is 0. The summed E-state index contributed by atoms with van der Waals surface area (Å²) in [4.78, 5) is 0. The maximum atomic E-state index is 10.6. The fourth-order valence-corrected chi connectivity index (χ4v) is 5.81. The molecule has 2 rings (SSSR count). The topological polar surface area (TPSA) is 40.5 Å². The Morgan fingerprint density at radius 2 is 0.960 bits per heavy atom. The van der Waals surface area contributed by atoms with E-state index in [1.807, 2.05) is 0 Å². The van der Waals surface area contributed by atoms with Gasteiger partial charge in [0.15, 0.2) is 0 Å². The van der Waals surface area contributed by atoms with Gasteiger partial charge in [0.2, 0.25) is 0 Å². The van der Waals surface area contributed by atoms with E-state index in [1.165, 1.54) is 6.42 Å². The molecule has 2 nitrogen and oxygen atoms in total. The number of hydrogen-bond donors (Lipinski definition) is 2. The van der Waals surface area contributed by atoms with Gasteiger partial charge in [0.1, 0.15) is 0 Å². The van der Waals surface area contributed by atoms with Crippen molar-refractivity contribution in [2.75, 3.05) is 0 Å². The highest BCUT2D eigenvalue weighted by Crippen LogP contribution is 2.49. The monoisotopic (exact) mass is 352 g/mol. The Balaban J connectivity index is 2.08. The third kappa shape index (κ3) is 5.01. The lowest BCUT2D eigenvalue weighted by Gasteiger charge is -2.48. The minimum absolute atomic E-state index is 0.140. The van der Waals surface area contributed by atoms with Crippen molar-refractivity contribution in [1.82, 2.24) is 0 Å². The van der Waals surface area contributed by atoms with Crippen LogP contribution >= 0.6 is 0 Å². The molecule has 2 N–H and O–H groups in total. The Kier molecular flexibility index (Phi) is 6.37. The average molecular weight is 353 g/mol. The molecule has 0 aromatic carbocycles. The first-order valence-corrected chi connectivity index (χ1v) is 10.7. The molecule has 0 aromatic rings. The molecule has 25 heavy (non-hydrogen) atoms. The minimum atomic E-state index is -0.140. The van der Waals surface area contributed by atoms with E-state index in [4.69, 9.17) is 0 Å². The summed E-state index contributed by atoms with van der Waals surface area (Å²) in [5, 5.41) is 21.2. The van der Waals surface area contributed by atoms with Crippen molar-refractivity contribution in [1.29, 1.82) is 0 Å². The molecular formula is C23H44O2. The van der Waals surface area contributed by atoms with Gasteiger partial charge in [-0.3, -0.25) is 0 Å². The van der Waals surface area contributed by atoms with Gasteiger partial charge in [-0.1, -0.05) is 55.4 Å². The van der Waals surface area contributed by atoms with Gasteiger partial charge in [-0.05, 0) is 78.4 Å². The summed E-state index contributed by atoms with van der Waals surface area (Å²) < 4.78 is 0. The van der Waals surface area contributed by atoms with Crippen LogP contribution in [0.3, 0.4) is 0 Å². The fourth-order valence-electron chi connectivity index (χ4n) is 5.81. The van der Waals surface area contributed by atoms with Crippen molar-refractivity contribution < 1.29 is 10.2 Å². The summed E-state index contributed by atoms with van der Waals surface area (Å²) in [5.74, 6) is 3.49. The fraction of sp³-hybridized carbons (Fsp3) is 1.00. The van der Waals surface area contributed by atoms with Crippen molar-refractivity contribution in [2.24, 2.45) is 46.3 Å². The zero-order valence-electron chi connectivity index (χ0n) is 18.0. The highest BCUT2D eigenvalue weighted by molar-refractivity contribution is 4.94. The first-order chi connectivity index (χ1) is 11.3. The number of hydrogen-bond acceptors (Lipinski definition) is 2. The third-order valence-electron chi connectivity index (χ3n) is 7.71. The molecular weight excluding hydrogens is 308 g/mol. The highest BCUT2D eigenvalue weighted by atomic mass is 16.3. The molecule has 2 heteroatoms. The molecule has 0 spiro atoms. The summed E-state index contributed by atoms with van der Waals surface area (Å²) >= 11 is 0. The molecule has 0 bridgehead atoms. The van der Waals surface area contributed by atoms with Gasteiger partial charge < -0.3 is 10.2 Å². The Morgan fingerprint density at radius 3 is 1.24 bits per heavy atom.